The molecule has 0 aliphatic heterocycles. The molecule has 0 aliphatic carbocycles. The Morgan fingerprint density at radius 3 is 2.63 bits per heavy atom. The van der Waals surface area contributed by atoms with E-state index in [9.17, 15) is 13.2 Å². The van der Waals surface area contributed by atoms with Gasteiger partial charge in [0.25, 0.3) is 0 Å². The average Bonchev–Trinajstić information content (AvgIpc) is 2.69. The summed E-state index contributed by atoms with van der Waals surface area (Å²) in [6, 6.07) is 0.362. The number of hydrogen-bond acceptors (Lipinski definition) is 5. The van der Waals surface area contributed by atoms with Gasteiger partial charge in [-0.25, -0.2) is 13.1 Å². The highest BCUT2D eigenvalue weighted by atomic mass is 32.2. The Hall–Kier alpha value is -1.41. The summed E-state index contributed by atoms with van der Waals surface area (Å²) in [5.74, 6) is -1.38. The first-order valence-electron chi connectivity index (χ1n) is 5.90. The van der Waals surface area contributed by atoms with Gasteiger partial charge in [-0.05, 0) is 12.8 Å². The molecule has 1 aromatic heterocycles. The minimum atomic E-state index is -3.77. The zero-order chi connectivity index (χ0) is 14.6. The number of aliphatic carboxylic acids is 1. The van der Waals surface area contributed by atoms with Crippen LogP contribution in [0.4, 0.5) is 0 Å². The van der Waals surface area contributed by atoms with Crippen molar-refractivity contribution in [3.63, 3.8) is 0 Å². The van der Waals surface area contributed by atoms with Crippen molar-refractivity contribution in [2.24, 2.45) is 5.92 Å². The summed E-state index contributed by atoms with van der Waals surface area (Å²) in [6.07, 6.45) is 0.558. The summed E-state index contributed by atoms with van der Waals surface area (Å²) in [7, 11) is -3.77. The Bertz CT molecular complexity index is 537. The topological polar surface area (TPSA) is 110 Å². The van der Waals surface area contributed by atoms with Gasteiger partial charge in [0.1, 0.15) is 23.2 Å². The number of rotatable bonds is 7. The van der Waals surface area contributed by atoms with Crippen molar-refractivity contribution >= 4 is 16.0 Å². The van der Waals surface area contributed by atoms with Crippen molar-refractivity contribution in [3.05, 3.63) is 17.5 Å². The van der Waals surface area contributed by atoms with Crippen LogP contribution in [0.1, 0.15) is 31.7 Å². The summed E-state index contributed by atoms with van der Waals surface area (Å²) in [5, 5.41) is 12.6. The van der Waals surface area contributed by atoms with Crippen LogP contribution in [0.25, 0.3) is 0 Å². The normalized spacial score (nSPS) is 15.1. The molecule has 2 atom stereocenters. The number of hydrogen-bond donors (Lipinski definition) is 2. The molecular weight excluding hydrogens is 272 g/mol. The lowest BCUT2D eigenvalue weighted by molar-refractivity contribution is -0.140. The number of aryl methyl sites for hydroxylation is 1. The van der Waals surface area contributed by atoms with Crippen LogP contribution in [-0.4, -0.2) is 30.7 Å². The van der Waals surface area contributed by atoms with Gasteiger partial charge in [0.15, 0.2) is 0 Å². The molecule has 19 heavy (non-hydrogen) atoms. The lowest BCUT2D eigenvalue weighted by atomic mass is 10.0. The fourth-order valence-electron chi connectivity index (χ4n) is 1.56. The first-order valence-corrected chi connectivity index (χ1v) is 7.55. The van der Waals surface area contributed by atoms with Gasteiger partial charge in [-0.1, -0.05) is 25.4 Å². The molecular formula is C11H18N2O5S. The number of sulfonamides is 1. The van der Waals surface area contributed by atoms with Crippen LogP contribution in [0, 0.1) is 12.8 Å². The summed E-state index contributed by atoms with van der Waals surface area (Å²) in [6.45, 7) is 5.13. The highest BCUT2D eigenvalue weighted by Crippen LogP contribution is 2.11. The minimum absolute atomic E-state index is 0.248. The molecule has 1 rings (SSSR count). The van der Waals surface area contributed by atoms with Gasteiger partial charge in [0, 0.05) is 6.07 Å². The monoisotopic (exact) mass is 290 g/mol. The Balaban J connectivity index is 2.80. The first-order chi connectivity index (χ1) is 8.75. The number of nitrogens with zero attached hydrogens (tertiary/aromatic N) is 1. The second-order valence-corrected chi connectivity index (χ2v) is 6.26. The van der Waals surface area contributed by atoms with Crippen molar-refractivity contribution in [2.45, 2.75) is 39.0 Å². The van der Waals surface area contributed by atoms with Gasteiger partial charge >= 0.3 is 5.97 Å². The fraction of sp³-hybridized carbons (Fsp3) is 0.636. The van der Waals surface area contributed by atoms with Crippen LogP contribution in [-0.2, 0) is 20.6 Å². The van der Waals surface area contributed by atoms with E-state index in [2.05, 4.69) is 9.88 Å². The van der Waals surface area contributed by atoms with Gasteiger partial charge in [0.2, 0.25) is 10.0 Å². The Labute approximate surface area is 112 Å². The Morgan fingerprint density at radius 1 is 1.58 bits per heavy atom. The lowest BCUT2D eigenvalue weighted by Gasteiger charge is -2.19. The first kappa shape index (κ1) is 15.6. The fourth-order valence-corrected chi connectivity index (χ4v) is 2.89. The zero-order valence-corrected chi connectivity index (χ0v) is 11.9. The van der Waals surface area contributed by atoms with E-state index < -0.39 is 27.8 Å². The third kappa shape index (κ3) is 4.64. The summed E-state index contributed by atoms with van der Waals surface area (Å²) >= 11 is 0. The molecule has 0 bridgehead atoms. The molecule has 0 aliphatic rings. The van der Waals surface area contributed by atoms with Gasteiger partial charge < -0.3 is 9.63 Å². The predicted molar refractivity (Wildman–Crippen MR) is 67.9 cm³/mol. The molecule has 2 N–H and O–H groups in total. The van der Waals surface area contributed by atoms with Gasteiger partial charge in [0.05, 0.1) is 0 Å². The molecule has 8 heteroatoms. The number of nitrogens with one attached hydrogen (secondary N) is 1. The Kier molecular flexibility index (Phi) is 5.07. The van der Waals surface area contributed by atoms with E-state index in [0.29, 0.717) is 12.2 Å². The molecule has 0 radical (unpaired) electrons. The van der Waals surface area contributed by atoms with Crippen molar-refractivity contribution in [2.75, 3.05) is 0 Å². The van der Waals surface area contributed by atoms with Crippen LogP contribution in [0.2, 0.25) is 0 Å². The van der Waals surface area contributed by atoms with Crippen molar-refractivity contribution in [3.8, 4) is 0 Å². The highest BCUT2D eigenvalue weighted by molar-refractivity contribution is 7.88. The van der Waals surface area contributed by atoms with Gasteiger partial charge in [-0.15, -0.1) is 0 Å². The predicted octanol–water partition coefficient (Wildman–Crippen LogP) is 0.902. The largest absolute Gasteiger partial charge is 0.480 e. The number of carboxylic acid groups (broad SMARTS) is 1. The molecule has 0 spiro atoms. The summed E-state index contributed by atoms with van der Waals surface area (Å²) < 4.78 is 30.7. The Morgan fingerprint density at radius 2 is 2.21 bits per heavy atom. The van der Waals surface area contributed by atoms with Gasteiger partial charge in [-0.3, -0.25) is 4.79 Å². The van der Waals surface area contributed by atoms with Crippen LogP contribution in [0.3, 0.4) is 0 Å². The maximum absolute atomic E-state index is 11.9. The van der Waals surface area contributed by atoms with E-state index in [4.69, 9.17) is 9.63 Å². The maximum Gasteiger partial charge on any atom is 0.322 e. The van der Waals surface area contributed by atoms with E-state index in [1.807, 2.05) is 0 Å². The van der Waals surface area contributed by atoms with E-state index in [1.54, 1.807) is 20.8 Å². The highest BCUT2D eigenvalue weighted by Gasteiger charge is 2.29. The quantitative estimate of drug-likeness (QED) is 0.772. The second-order valence-electron chi connectivity index (χ2n) is 4.51. The molecule has 0 amide bonds. The molecule has 108 valence electrons. The SMILES string of the molecule is CCC(C)[C@H](NS(=O)(=O)Cc1cc(C)on1)C(=O)O. The zero-order valence-electron chi connectivity index (χ0n) is 11.1. The molecule has 0 aromatic carbocycles. The van der Waals surface area contributed by atoms with Crippen LogP contribution >= 0.6 is 0 Å². The average molecular weight is 290 g/mol. The summed E-state index contributed by atoms with van der Waals surface area (Å²) in [4.78, 5) is 11.1. The maximum atomic E-state index is 11.9. The number of aromatic nitrogens is 1. The standard InChI is InChI=1S/C11H18N2O5S/c1-4-7(2)10(11(14)15)13-19(16,17)6-9-5-8(3)18-12-9/h5,7,10,13H,4,6H2,1-3H3,(H,14,15)/t7?,10-/m0/s1. The van der Waals surface area contributed by atoms with E-state index in [0.717, 1.165) is 0 Å². The van der Waals surface area contributed by atoms with Crippen LogP contribution in [0.5, 0.6) is 0 Å². The molecule has 1 aromatic rings. The third-order valence-corrected chi connectivity index (χ3v) is 4.09. The second kappa shape index (κ2) is 6.16. The third-order valence-electron chi connectivity index (χ3n) is 2.80. The molecule has 0 fully saturated rings. The van der Waals surface area contributed by atoms with Crippen molar-refractivity contribution in [1.82, 2.24) is 9.88 Å². The smallest absolute Gasteiger partial charge is 0.322 e. The molecule has 7 nitrogen and oxygen atoms in total. The molecule has 0 saturated carbocycles. The van der Waals surface area contributed by atoms with Crippen molar-refractivity contribution < 1.29 is 22.8 Å². The number of carbonyl (C=O) groups is 1. The molecule has 1 unspecified atom stereocenters. The van der Waals surface area contributed by atoms with Crippen molar-refractivity contribution in [1.29, 1.82) is 0 Å². The van der Waals surface area contributed by atoms with Crippen LogP contribution in [0.15, 0.2) is 10.6 Å². The van der Waals surface area contributed by atoms with Crippen LogP contribution < -0.4 is 4.72 Å². The molecule has 1 heterocycles. The van der Waals surface area contributed by atoms with E-state index in [-0.39, 0.29) is 11.6 Å². The van der Waals surface area contributed by atoms with Gasteiger partial charge in [-0.2, -0.15) is 0 Å². The van der Waals surface area contributed by atoms with E-state index in [1.165, 1.54) is 6.07 Å². The number of carboxylic acids is 1. The lowest BCUT2D eigenvalue weighted by Crippen LogP contribution is -2.45. The van der Waals surface area contributed by atoms with E-state index >= 15 is 0 Å². The summed E-state index contributed by atoms with van der Waals surface area (Å²) in [5.41, 5.74) is 0.248. The molecule has 0 saturated heterocycles. The minimum Gasteiger partial charge on any atom is -0.480 e.